The van der Waals surface area contributed by atoms with Crippen molar-refractivity contribution in [3.63, 3.8) is 0 Å². The van der Waals surface area contributed by atoms with Gasteiger partial charge in [0.25, 0.3) is 0 Å². The number of benzene rings is 2. The normalized spacial score (nSPS) is 15.1. The molecule has 2 N–H and O–H groups in total. The van der Waals surface area contributed by atoms with Crippen molar-refractivity contribution in [3.05, 3.63) is 64.7 Å². The van der Waals surface area contributed by atoms with Crippen molar-refractivity contribution in [1.82, 2.24) is 0 Å². The fourth-order valence-corrected chi connectivity index (χ4v) is 3.38. The molecule has 2 aromatic rings. The monoisotopic (exact) mass is 283 g/mol. The Morgan fingerprint density at radius 2 is 1.80 bits per heavy atom. The summed E-state index contributed by atoms with van der Waals surface area (Å²) in [6.07, 6.45) is 6.81. The number of aryl methyl sites for hydroxylation is 2. The first kappa shape index (κ1) is 13.7. The summed E-state index contributed by atoms with van der Waals surface area (Å²) >= 11 is 1.77. The van der Waals surface area contributed by atoms with Gasteiger partial charge in [-0.25, -0.2) is 0 Å². The Morgan fingerprint density at radius 3 is 2.55 bits per heavy atom. The standard InChI is InChI=1S/C18H21NS/c1-20-17-9-7-15(8-10-17)18(19)12-13-5-6-14-3-2-4-16(14)11-13/h5-11,18H,2-4,12,19H2,1H3. The molecule has 0 saturated carbocycles. The minimum absolute atomic E-state index is 0.0883. The number of nitrogens with two attached hydrogens (primary N) is 1. The molecule has 0 heterocycles. The van der Waals surface area contributed by atoms with Gasteiger partial charge in [-0.15, -0.1) is 11.8 Å². The molecule has 104 valence electrons. The zero-order chi connectivity index (χ0) is 13.9. The van der Waals surface area contributed by atoms with Crippen molar-refractivity contribution in [2.24, 2.45) is 5.73 Å². The average Bonchev–Trinajstić information content (AvgIpc) is 2.95. The second kappa shape index (κ2) is 6.02. The molecular weight excluding hydrogens is 262 g/mol. The molecule has 0 aromatic heterocycles. The van der Waals surface area contributed by atoms with Gasteiger partial charge in [0.1, 0.15) is 0 Å². The molecule has 0 amide bonds. The molecule has 0 aliphatic heterocycles. The van der Waals surface area contributed by atoms with Crippen LogP contribution in [0.4, 0.5) is 0 Å². The minimum Gasteiger partial charge on any atom is -0.324 e. The molecule has 1 aliphatic carbocycles. The Hall–Kier alpha value is -1.25. The van der Waals surface area contributed by atoms with Crippen LogP contribution in [0.2, 0.25) is 0 Å². The van der Waals surface area contributed by atoms with Crippen molar-refractivity contribution < 1.29 is 0 Å². The van der Waals surface area contributed by atoms with Crippen LogP contribution in [0.5, 0.6) is 0 Å². The van der Waals surface area contributed by atoms with Gasteiger partial charge in [-0.3, -0.25) is 0 Å². The Balaban J connectivity index is 1.73. The lowest BCUT2D eigenvalue weighted by atomic mass is 9.97. The summed E-state index contributed by atoms with van der Waals surface area (Å²) in [5.74, 6) is 0. The summed E-state index contributed by atoms with van der Waals surface area (Å²) < 4.78 is 0. The summed E-state index contributed by atoms with van der Waals surface area (Å²) in [6, 6.07) is 15.6. The summed E-state index contributed by atoms with van der Waals surface area (Å²) in [4.78, 5) is 1.29. The van der Waals surface area contributed by atoms with E-state index in [1.807, 2.05) is 0 Å². The van der Waals surface area contributed by atoms with Crippen LogP contribution in [-0.4, -0.2) is 6.26 Å². The third kappa shape index (κ3) is 2.92. The summed E-state index contributed by atoms with van der Waals surface area (Å²) in [7, 11) is 0. The van der Waals surface area contributed by atoms with E-state index in [-0.39, 0.29) is 6.04 Å². The lowest BCUT2D eigenvalue weighted by Gasteiger charge is -2.13. The van der Waals surface area contributed by atoms with Crippen LogP contribution in [0.25, 0.3) is 0 Å². The predicted molar refractivity (Wildman–Crippen MR) is 87.3 cm³/mol. The summed E-state index contributed by atoms with van der Waals surface area (Å²) in [5.41, 5.74) is 12.0. The van der Waals surface area contributed by atoms with Crippen molar-refractivity contribution in [2.45, 2.75) is 36.6 Å². The maximum atomic E-state index is 6.36. The van der Waals surface area contributed by atoms with E-state index < -0.39 is 0 Å². The molecule has 0 fully saturated rings. The molecule has 0 spiro atoms. The highest BCUT2D eigenvalue weighted by molar-refractivity contribution is 7.98. The van der Waals surface area contributed by atoms with Gasteiger partial charge in [0, 0.05) is 10.9 Å². The second-order valence-corrected chi connectivity index (χ2v) is 6.42. The lowest BCUT2D eigenvalue weighted by molar-refractivity contribution is 0.720. The van der Waals surface area contributed by atoms with Gasteiger partial charge in [-0.1, -0.05) is 30.3 Å². The van der Waals surface area contributed by atoms with Crippen LogP contribution in [0.1, 0.15) is 34.7 Å². The molecule has 2 aromatic carbocycles. The van der Waals surface area contributed by atoms with E-state index in [2.05, 4.69) is 48.7 Å². The zero-order valence-corrected chi connectivity index (χ0v) is 12.7. The molecule has 1 unspecified atom stereocenters. The van der Waals surface area contributed by atoms with Gasteiger partial charge < -0.3 is 5.73 Å². The molecule has 3 rings (SSSR count). The third-order valence-electron chi connectivity index (χ3n) is 4.16. The Kier molecular flexibility index (Phi) is 4.13. The second-order valence-electron chi connectivity index (χ2n) is 5.54. The van der Waals surface area contributed by atoms with E-state index in [1.54, 1.807) is 11.8 Å². The fraction of sp³-hybridized carbons (Fsp3) is 0.333. The minimum atomic E-state index is 0.0883. The highest BCUT2D eigenvalue weighted by Crippen LogP contribution is 2.25. The number of hydrogen-bond donors (Lipinski definition) is 1. The van der Waals surface area contributed by atoms with Crippen LogP contribution in [-0.2, 0) is 19.3 Å². The van der Waals surface area contributed by atoms with Gasteiger partial charge >= 0.3 is 0 Å². The molecule has 1 atom stereocenters. The predicted octanol–water partition coefficient (Wildman–Crippen LogP) is 4.14. The highest BCUT2D eigenvalue weighted by atomic mass is 32.2. The van der Waals surface area contributed by atoms with Gasteiger partial charge in [0.15, 0.2) is 0 Å². The zero-order valence-electron chi connectivity index (χ0n) is 11.9. The van der Waals surface area contributed by atoms with Gasteiger partial charge in [0.05, 0.1) is 0 Å². The topological polar surface area (TPSA) is 26.0 Å². The number of thioether (sulfide) groups is 1. The molecule has 0 radical (unpaired) electrons. The van der Waals surface area contributed by atoms with Gasteiger partial charge in [-0.2, -0.15) is 0 Å². The first-order valence-electron chi connectivity index (χ1n) is 7.26. The molecule has 1 aliphatic rings. The molecule has 1 nitrogen and oxygen atoms in total. The van der Waals surface area contributed by atoms with Gasteiger partial charge in [-0.05, 0) is 66.3 Å². The van der Waals surface area contributed by atoms with Crippen LogP contribution < -0.4 is 5.73 Å². The maximum absolute atomic E-state index is 6.36. The van der Waals surface area contributed by atoms with Crippen LogP contribution in [0.15, 0.2) is 47.4 Å². The molecule has 2 heteroatoms. The van der Waals surface area contributed by atoms with Crippen LogP contribution in [0.3, 0.4) is 0 Å². The number of fused-ring (bicyclic) bond motifs is 1. The number of rotatable bonds is 4. The van der Waals surface area contributed by atoms with Crippen molar-refractivity contribution >= 4 is 11.8 Å². The largest absolute Gasteiger partial charge is 0.324 e. The van der Waals surface area contributed by atoms with Crippen molar-refractivity contribution in [1.29, 1.82) is 0 Å². The maximum Gasteiger partial charge on any atom is 0.0335 e. The van der Waals surface area contributed by atoms with E-state index >= 15 is 0 Å². The average molecular weight is 283 g/mol. The van der Waals surface area contributed by atoms with Crippen molar-refractivity contribution in [2.75, 3.05) is 6.26 Å². The summed E-state index contributed by atoms with van der Waals surface area (Å²) in [6.45, 7) is 0. The molecular formula is C18H21NS. The Morgan fingerprint density at radius 1 is 1.05 bits per heavy atom. The first-order chi connectivity index (χ1) is 9.76. The lowest BCUT2D eigenvalue weighted by Crippen LogP contribution is -2.13. The molecule has 0 saturated heterocycles. The number of hydrogen-bond acceptors (Lipinski definition) is 2. The molecule has 20 heavy (non-hydrogen) atoms. The quantitative estimate of drug-likeness (QED) is 0.853. The van der Waals surface area contributed by atoms with E-state index in [0.29, 0.717) is 0 Å². The smallest absolute Gasteiger partial charge is 0.0335 e. The van der Waals surface area contributed by atoms with E-state index in [0.717, 1.165) is 6.42 Å². The van der Waals surface area contributed by atoms with E-state index in [9.17, 15) is 0 Å². The third-order valence-corrected chi connectivity index (χ3v) is 4.91. The van der Waals surface area contributed by atoms with Crippen LogP contribution in [0, 0.1) is 0 Å². The van der Waals surface area contributed by atoms with Crippen LogP contribution >= 0.6 is 11.8 Å². The Labute approximate surface area is 125 Å². The van der Waals surface area contributed by atoms with E-state index in [4.69, 9.17) is 5.73 Å². The molecule has 0 bridgehead atoms. The fourth-order valence-electron chi connectivity index (χ4n) is 2.98. The SMILES string of the molecule is CSc1ccc(C(N)Cc2ccc3c(c2)CCC3)cc1. The first-order valence-corrected chi connectivity index (χ1v) is 8.49. The Bertz CT molecular complexity index is 589. The van der Waals surface area contributed by atoms with Crippen molar-refractivity contribution in [3.8, 4) is 0 Å². The summed E-state index contributed by atoms with van der Waals surface area (Å²) in [5, 5.41) is 0. The van der Waals surface area contributed by atoms with Gasteiger partial charge in [0.2, 0.25) is 0 Å². The van der Waals surface area contributed by atoms with E-state index in [1.165, 1.54) is 46.4 Å². The highest BCUT2D eigenvalue weighted by Gasteiger charge is 2.13.